The number of allylic oxidation sites excluding steroid dienone is 1. The summed E-state index contributed by atoms with van der Waals surface area (Å²) in [5.74, 6) is 0.0781. The van der Waals surface area contributed by atoms with Gasteiger partial charge in [0.15, 0.2) is 0 Å². The SMILES string of the molecule is CC1C=C(NS(=O)(=O)c2ccc(C(F)(F)F)cc2N)c2ncccc2C1. The second-order valence-electron chi connectivity index (χ2n) is 6.13. The van der Waals surface area contributed by atoms with Crippen LogP contribution in [-0.2, 0) is 22.6 Å². The molecule has 0 amide bonds. The van der Waals surface area contributed by atoms with E-state index in [9.17, 15) is 21.6 Å². The number of nitrogens with one attached hydrogen (secondary N) is 1. The molecule has 1 atom stereocenters. The summed E-state index contributed by atoms with van der Waals surface area (Å²) in [5, 5.41) is 0. The average molecular weight is 383 g/mol. The van der Waals surface area contributed by atoms with Gasteiger partial charge in [0.05, 0.1) is 22.6 Å². The van der Waals surface area contributed by atoms with Crippen LogP contribution < -0.4 is 10.5 Å². The molecule has 1 aromatic carbocycles. The van der Waals surface area contributed by atoms with Gasteiger partial charge < -0.3 is 5.73 Å². The van der Waals surface area contributed by atoms with E-state index in [1.807, 2.05) is 13.0 Å². The third-order valence-corrected chi connectivity index (χ3v) is 5.45. The van der Waals surface area contributed by atoms with E-state index >= 15 is 0 Å². The van der Waals surface area contributed by atoms with E-state index in [0.717, 1.165) is 18.1 Å². The van der Waals surface area contributed by atoms with Crippen molar-refractivity contribution in [1.29, 1.82) is 0 Å². The summed E-state index contributed by atoms with van der Waals surface area (Å²) in [6.07, 6.45) is -0.610. The van der Waals surface area contributed by atoms with Crippen LogP contribution in [0, 0.1) is 5.92 Å². The van der Waals surface area contributed by atoms with Crippen LogP contribution in [0.25, 0.3) is 5.70 Å². The summed E-state index contributed by atoms with van der Waals surface area (Å²) in [6, 6.07) is 5.77. The number of fused-ring (bicyclic) bond motifs is 1. The molecule has 0 saturated heterocycles. The zero-order chi connectivity index (χ0) is 19.1. The Balaban J connectivity index is 1.97. The lowest BCUT2D eigenvalue weighted by atomic mass is 9.92. The first-order chi connectivity index (χ1) is 12.1. The van der Waals surface area contributed by atoms with Crippen LogP contribution in [0.1, 0.15) is 23.7 Å². The highest BCUT2D eigenvalue weighted by Gasteiger charge is 2.32. The summed E-state index contributed by atoms with van der Waals surface area (Å²) >= 11 is 0. The molecule has 0 aliphatic heterocycles. The molecule has 1 heterocycles. The Kier molecular flexibility index (Phi) is 4.43. The van der Waals surface area contributed by atoms with Crippen LogP contribution in [0.15, 0.2) is 47.5 Å². The minimum absolute atomic E-state index is 0.0781. The van der Waals surface area contributed by atoms with Gasteiger partial charge in [-0.3, -0.25) is 9.71 Å². The number of hydrogen-bond acceptors (Lipinski definition) is 4. The van der Waals surface area contributed by atoms with Crippen molar-refractivity contribution in [3.8, 4) is 0 Å². The van der Waals surface area contributed by atoms with Crippen LogP contribution in [0.2, 0.25) is 0 Å². The Hall–Kier alpha value is -2.55. The molecule has 1 aromatic heterocycles. The van der Waals surface area contributed by atoms with Crippen LogP contribution >= 0.6 is 0 Å². The predicted octanol–water partition coefficient (Wildman–Crippen LogP) is 3.19. The van der Waals surface area contributed by atoms with Crippen molar-refractivity contribution >= 4 is 21.4 Å². The van der Waals surface area contributed by atoms with E-state index < -0.39 is 32.3 Å². The maximum Gasteiger partial charge on any atom is 0.416 e. The van der Waals surface area contributed by atoms with E-state index in [1.54, 1.807) is 18.3 Å². The number of halogens is 3. The monoisotopic (exact) mass is 383 g/mol. The number of nitrogens with two attached hydrogens (primary N) is 1. The fourth-order valence-corrected chi connectivity index (χ4v) is 4.05. The summed E-state index contributed by atoms with van der Waals surface area (Å²) in [6.45, 7) is 1.93. The maximum atomic E-state index is 12.7. The molecule has 0 radical (unpaired) electrons. The lowest BCUT2D eigenvalue weighted by Gasteiger charge is -2.22. The van der Waals surface area contributed by atoms with E-state index in [0.29, 0.717) is 23.5 Å². The number of sulfonamides is 1. The van der Waals surface area contributed by atoms with Crippen LogP contribution in [0.3, 0.4) is 0 Å². The molecule has 26 heavy (non-hydrogen) atoms. The fourth-order valence-electron chi connectivity index (χ4n) is 2.87. The number of anilines is 1. The number of alkyl halides is 3. The van der Waals surface area contributed by atoms with Gasteiger partial charge in [-0.05, 0) is 42.2 Å². The number of aromatic nitrogens is 1. The molecule has 0 fully saturated rings. The van der Waals surface area contributed by atoms with Gasteiger partial charge in [0, 0.05) is 6.20 Å². The molecule has 3 rings (SSSR count). The minimum atomic E-state index is -4.60. The molecular weight excluding hydrogens is 367 g/mol. The molecule has 1 aliphatic rings. The van der Waals surface area contributed by atoms with Crippen molar-refractivity contribution in [3.05, 3.63) is 59.4 Å². The Labute approximate surface area is 148 Å². The molecule has 9 heteroatoms. The number of pyridine rings is 1. The van der Waals surface area contributed by atoms with Crippen LogP contribution in [0.4, 0.5) is 18.9 Å². The molecule has 3 N–H and O–H groups in total. The highest BCUT2D eigenvalue weighted by Crippen LogP contribution is 2.33. The van der Waals surface area contributed by atoms with Gasteiger partial charge in [0.2, 0.25) is 0 Å². The molecule has 0 saturated carbocycles. The number of nitrogens with zero attached hydrogens (tertiary/aromatic N) is 1. The maximum absolute atomic E-state index is 12.7. The van der Waals surface area contributed by atoms with Gasteiger partial charge in [0.25, 0.3) is 10.0 Å². The Morgan fingerprint density at radius 2 is 2.00 bits per heavy atom. The van der Waals surface area contributed by atoms with Crippen LogP contribution in [0.5, 0.6) is 0 Å². The van der Waals surface area contributed by atoms with Gasteiger partial charge in [-0.2, -0.15) is 13.2 Å². The normalized spacial score (nSPS) is 17.4. The molecule has 138 valence electrons. The van der Waals surface area contributed by atoms with Crippen molar-refractivity contribution in [2.24, 2.45) is 5.92 Å². The second-order valence-corrected chi connectivity index (χ2v) is 7.78. The Bertz CT molecular complexity index is 985. The third-order valence-electron chi connectivity index (χ3n) is 4.01. The fraction of sp³-hybridized carbons (Fsp3) is 0.235. The summed E-state index contributed by atoms with van der Waals surface area (Å²) < 4.78 is 65.9. The molecule has 1 aliphatic carbocycles. The molecule has 5 nitrogen and oxygen atoms in total. The van der Waals surface area contributed by atoms with Gasteiger partial charge in [0.1, 0.15) is 4.90 Å². The van der Waals surface area contributed by atoms with E-state index in [1.165, 1.54) is 0 Å². The van der Waals surface area contributed by atoms with Gasteiger partial charge in [-0.1, -0.05) is 19.1 Å². The van der Waals surface area contributed by atoms with E-state index in [-0.39, 0.29) is 5.92 Å². The lowest BCUT2D eigenvalue weighted by molar-refractivity contribution is -0.137. The number of benzene rings is 1. The zero-order valence-electron chi connectivity index (χ0n) is 13.7. The largest absolute Gasteiger partial charge is 0.416 e. The second kappa shape index (κ2) is 6.31. The summed E-state index contributed by atoms with van der Waals surface area (Å²) in [4.78, 5) is 3.79. The minimum Gasteiger partial charge on any atom is -0.398 e. The van der Waals surface area contributed by atoms with Crippen molar-refractivity contribution in [2.45, 2.75) is 24.4 Å². The van der Waals surface area contributed by atoms with Gasteiger partial charge >= 0.3 is 6.18 Å². The number of rotatable bonds is 3. The first kappa shape index (κ1) is 18.2. The van der Waals surface area contributed by atoms with Crippen molar-refractivity contribution in [3.63, 3.8) is 0 Å². The quantitative estimate of drug-likeness (QED) is 0.797. The predicted molar refractivity (Wildman–Crippen MR) is 91.3 cm³/mol. The van der Waals surface area contributed by atoms with Gasteiger partial charge in [-0.25, -0.2) is 8.42 Å². The average Bonchev–Trinajstić information content (AvgIpc) is 2.53. The molecule has 0 spiro atoms. The molecular formula is C17H16F3N3O2S. The number of nitrogen functional groups attached to an aromatic ring is 1. The van der Waals surface area contributed by atoms with Gasteiger partial charge in [-0.15, -0.1) is 0 Å². The third kappa shape index (κ3) is 3.52. The highest BCUT2D eigenvalue weighted by atomic mass is 32.2. The lowest BCUT2D eigenvalue weighted by Crippen LogP contribution is -2.27. The van der Waals surface area contributed by atoms with Crippen LogP contribution in [-0.4, -0.2) is 13.4 Å². The van der Waals surface area contributed by atoms with E-state index in [2.05, 4.69) is 9.71 Å². The highest BCUT2D eigenvalue weighted by molar-refractivity contribution is 7.90. The standard InChI is InChI=1S/C17H16F3N3O2S/c1-10-7-11-3-2-6-22-16(11)14(8-10)23-26(24,25)15-5-4-12(9-13(15)21)17(18,19)20/h2-6,8-10,23H,7,21H2,1H3. The Morgan fingerprint density at radius 1 is 1.27 bits per heavy atom. The topological polar surface area (TPSA) is 85.1 Å². The van der Waals surface area contributed by atoms with Crippen molar-refractivity contribution in [1.82, 2.24) is 9.71 Å². The molecule has 1 unspecified atom stereocenters. The zero-order valence-corrected chi connectivity index (χ0v) is 14.5. The first-order valence-electron chi connectivity index (χ1n) is 7.73. The van der Waals surface area contributed by atoms with Crippen molar-refractivity contribution < 1.29 is 21.6 Å². The smallest absolute Gasteiger partial charge is 0.398 e. The molecule has 0 bridgehead atoms. The summed E-state index contributed by atoms with van der Waals surface area (Å²) in [5.41, 5.74) is 5.77. The number of hydrogen-bond donors (Lipinski definition) is 2. The molecule has 2 aromatic rings. The first-order valence-corrected chi connectivity index (χ1v) is 9.22. The Morgan fingerprint density at radius 3 is 2.65 bits per heavy atom. The summed E-state index contributed by atoms with van der Waals surface area (Å²) in [7, 11) is -4.17. The van der Waals surface area contributed by atoms with E-state index in [4.69, 9.17) is 5.73 Å². The van der Waals surface area contributed by atoms with Crippen molar-refractivity contribution in [2.75, 3.05) is 5.73 Å².